The van der Waals surface area contributed by atoms with Gasteiger partial charge in [-0.3, -0.25) is 4.79 Å². The van der Waals surface area contributed by atoms with Crippen LogP contribution >= 0.6 is 11.5 Å². The van der Waals surface area contributed by atoms with Crippen molar-refractivity contribution in [1.82, 2.24) is 9.27 Å². The SMILES string of the molecule is CC(Nc1snc2ccccc12)C(=O)N1CCOCC1. The molecular weight excluding hydrogens is 274 g/mol. The molecule has 1 fully saturated rings. The van der Waals surface area contributed by atoms with Crippen molar-refractivity contribution >= 4 is 33.3 Å². The Kier molecular flexibility index (Phi) is 3.84. The minimum atomic E-state index is -0.253. The van der Waals surface area contributed by atoms with Crippen LogP contribution in [0.25, 0.3) is 10.9 Å². The van der Waals surface area contributed by atoms with Gasteiger partial charge in [-0.15, -0.1) is 0 Å². The fraction of sp³-hybridized carbons (Fsp3) is 0.429. The molecule has 1 unspecified atom stereocenters. The van der Waals surface area contributed by atoms with Gasteiger partial charge in [0.15, 0.2) is 0 Å². The van der Waals surface area contributed by atoms with Crippen LogP contribution in [0.3, 0.4) is 0 Å². The van der Waals surface area contributed by atoms with Crippen molar-refractivity contribution in [3.63, 3.8) is 0 Å². The van der Waals surface area contributed by atoms with Gasteiger partial charge in [-0.1, -0.05) is 12.1 Å². The molecule has 1 aromatic carbocycles. The number of carbonyl (C=O) groups excluding carboxylic acids is 1. The molecule has 1 aliphatic heterocycles. The van der Waals surface area contributed by atoms with Gasteiger partial charge in [0.25, 0.3) is 0 Å². The Balaban J connectivity index is 1.71. The zero-order valence-electron chi connectivity index (χ0n) is 11.3. The number of benzene rings is 1. The summed E-state index contributed by atoms with van der Waals surface area (Å²) in [5, 5.41) is 5.31. The topological polar surface area (TPSA) is 54.5 Å². The number of hydrogen-bond donors (Lipinski definition) is 1. The Morgan fingerprint density at radius 3 is 2.95 bits per heavy atom. The third-order valence-corrected chi connectivity index (χ3v) is 4.23. The number of rotatable bonds is 3. The lowest BCUT2D eigenvalue weighted by Gasteiger charge is -2.29. The molecule has 3 rings (SSSR count). The fourth-order valence-electron chi connectivity index (χ4n) is 2.31. The summed E-state index contributed by atoms with van der Waals surface area (Å²) >= 11 is 1.40. The number of nitrogens with one attached hydrogen (secondary N) is 1. The van der Waals surface area contributed by atoms with Gasteiger partial charge in [0.2, 0.25) is 5.91 Å². The number of morpholine rings is 1. The number of aromatic nitrogens is 1. The molecule has 1 atom stereocenters. The number of carbonyl (C=O) groups is 1. The Bertz CT molecular complexity index is 607. The molecule has 0 radical (unpaired) electrons. The highest BCUT2D eigenvalue weighted by atomic mass is 32.1. The first-order valence-electron chi connectivity index (χ1n) is 6.73. The Hall–Kier alpha value is -1.66. The highest BCUT2D eigenvalue weighted by Gasteiger charge is 2.23. The first-order chi connectivity index (χ1) is 9.75. The van der Waals surface area contributed by atoms with E-state index in [4.69, 9.17) is 4.74 Å². The van der Waals surface area contributed by atoms with Crippen LogP contribution in [0.5, 0.6) is 0 Å². The summed E-state index contributed by atoms with van der Waals surface area (Å²) in [7, 11) is 0. The van der Waals surface area contributed by atoms with Crippen LogP contribution in [0.2, 0.25) is 0 Å². The van der Waals surface area contributed by atoms with E-state index >= 15 is 0 Å². The number of anilines is 1. The maximum Gasteiger partial charge on any atom is 0.244 e. The van der Waals surface area contributed by atoms with Crippen LogP contribution < -0.4 is 5.32 Å². The summed E-state index contributed by atoms with van der Waals surface area (Å²) in [6, 6.07) is 7.69. The molecule has 1 saturated heterocycles. The van der Waals surface area contributed by atoms with Crippen LogP contribution in [0.1, 0.15) is 6.92 Å². The fourth-order valence-corrected chi connectivity index (χ4v) is 3.16. The van der Waals surface area contributed by atoms with E-state index in [2.05, 4.69) is 9.69 Å². The van der Waals surface area contributed by atoms with Gasteiger partial charge >= 0.3 is 0 Å². The molecule has 6 heteroatoms. The van der Waals surface area contributed by atoms with Crippen molar-refractivity contribution in [2.45, 2.75) is 13.0 Å². The van der Waals surface area contributed by atoms with Gasteiger partial charge in [-0.25, -0.2) is 0 Å². The van der Waals surface area contributed by atoms with Crippen molar-refractivity contribution in [3.8, 4) is 0 Å². The molecule has 0 saturated carbocycles. The van der Waals surface area contributed by atoms with Gasteiger partial charge in [-0.2, -0.15) is 4.37 Å². The number of hydrogen-bond acceptors (Lipinski definition) is 5. The Morgan fingerprint density at radius 2 is 2.15 bits per heavy atom. The van der Waals surface area contributed by atoms with Crippen LogP contribution in [0.4, 0.5) is 5.00 Å². The molecule has 0 spiro atoms. The first kappa shape index (κ1) is 13.3. The van der Waals surface area contributed by atoms with Crippen molar-refractivity contribution in [3.05, 3.63) is 24.3 Å². The standard InChI is InChI=1S/C14H17N3O2S/c1-10(14(18)17-6-8-19-9-7-17)15-13-11-4-2-3-5-12(11)16-20-13/h2-5,10,15H,6-9H2,1H3. The third kappa shape index (κ3) is 2.62. The van der Waals surface area contributed by atoms with E-state index in [1.165, 1.54) is 11.5 Å². The second-order valence-electron chi connectivity index (χ2n) is 4.83. The molecule has 5 nitrogen and oxygen atoms in total. The highest BCUT2D eigenvalue weighted by Crippen LogP contribution is 2.28. The lowest BCUT2D eigenvalue weighted by molar-refractivity contribution is -0.135. The Labute approximate surface area is 121 Å². The average Bonchev–Trinajstić information content (AvgIpc) is 2.91. The largest absolute Gasteiger partial charge is 0.378 e. The quantitative estimate of drug-likeness (QED) is 0.939. The van der Waals surface area contributed by atoms with Crippen LogP contribution in [-0.4, -0.2) is 47.5 Å². The summed E-state index contributed by atoms with van der Waals surface area (Å²) in [4.78, 5) is 14.2. The molecule has 1 N–H and O–H groups in total. The molecule has 1 aromatic heterocycles. The van der Waals surface area contributed by atoms with E-state index in [1.807, 2.05) is 36.1 Å². The lowest BCUT2D eigenvalue weighted by Crippen LogP contribution is -2.46. The maximum absolute atomic E-state index is 12.4. The maximum atomic E-state index is 12.4. The van der Waals surface area contributed by atoms with E-state index in [-0.39, 0.29) is 11.9 Å². The molecular formula is C14H17N3O2S. The summed E-state index contributed by atoms with van der Waals surface area (Å²) in [5.74, 6) is 0.116. The molecule has 106 valence electrons. The van der Waals surface area contributed by atoms with Crippen molar-refractivity contribution in [1.29, 1.82) is 0 Å². The zero-order valence-corrected chi connectivity index (χ0v) is 12.2. The normalized spacial score (nSPS) is 17.1. The van der Waals surface area contributed by atoms with E-state index in [0.717, 1.165) is 15.9 Å². The van der Waals surface area contributed by atoms with Gasteiger partial charge in [0, 0.05) is 18.5 Å². The first-order valence-corrected chi connectivity index (χ1v) is 7.50. The molecule has 2 aromatic rings. The Morgan fingerprint density at radius 1 is 1.40 bits per heavy atom. The molecule has 0 aliphatic carbocycles. The lowest BCUT2D eigenvalue weighted by atomic mass is 10.2. The number of ether oxygens (including phenoxy) is 1. The molecule has 20 heavy (non-hydrogen) atoms. The van der Waals surface area contributed by atoms with Crippen LogP contribution in [0.15, 0.2) is 24.3 Å². The summed E-state index contributed by atoms with van der Waals surface area (Å²) < 4.78 is 9.65. The molecule has 2 heterocycles. The number of nitrogens with zero attached hydrogens (tertiary/aromatic N) is 2. The van der Waals surface area contributed by atoms with Gasteiger partial charge < -0.3 is 15.0 Å². The van der Waals surface area contributed by atoms with Gasteiger partial charge in [0.1, 0.15) is 11.0 Å². The average molecular weight is 291 g/mol. The third-order valence-electron chi connectivity index (χ3n) is 3.42. The zero-order chi connectivity index (χ0) is 13.9. The van der Waals surface area contributed by atoms with Crippen molar-refractivity contribution < 1.29 is 9.53 Å². The van der Waals surface area contributed by atoms with Gasteiger partial charge in [-0.05, 0) is 30.6 Å². The van der Waals surface area contributed by atoms with Crippen LogP contribution in [0, 0.1) is 0 Å². The van der Waals surface area contributed by atoms with E-state index in [0.29, 0.717) is 26.3 Å². The molecule has 0 bridgehead atoms. The minimum absolute atomic E-state index is 0.116. The van der Waals surface area contributed by atoms with Crippen LogP contribution in [-0.2, 0) is 9.53 Å². The van der Waals surface area contributed by atoms with E-state index in [1.54, 1.807) is 0 Å². The van der Waals surface area contributed by atoms with E-state index in [9.17, 15) is 4.79 Å². The molecule has 1 amide bonds. The predicted molar refractivity (Wildman–Crippen MR) is 80.1 cm³/mol. The van der Waals surface area contributed by atoms with Crippen molar-refractivity contribution in [2.75, 3.05) is 31.6 Å². The summed E-state index contributed by atoms with van der Waals surface area (Å²) in [6.45, 7) is 4.50. The van der Waals surface area contributed by atoms with Gasteiger partial charge in [0.05, 0.1) is 18.7 Å². The van der Waals surface area contributed by atoms with E-state index < -0.39 is 0 Å². The summed E-state index contributed by atoms with van der Waals surface area (Å²) in [6.07, 6.45) is 0. The van der Waals surface area contributed by atoms with Crippen molar-refractivity contribution in [2.24, 2.45) is 0 Å². The number of amides is 1. The second kappa shape index (κ2) is 5.76. The summed E-state index contributed by atoms with van der Waals surface area (Å²) in [5.41, 5.74) is 0.964. The molecule has 1 aliphatic rings. The second-order valence-corrected chi connectivity index (χ2v) is 5.61. The highest BCUT2D eigenvalue weighted by molar-refractivity contribution is 7.11. The number of fused-ring (bicyclic) bond motifs is 1. The monoisotopic (exact) mass is 291 g/mol. The smallest absolute Gasteiger partial charge is 0.244 e. The predicted octanol–water partition coefficient (Wildman–Crippen LogP) is 1.96. The minimum Gasteiger partial charge on any atom is -0.378 e.